The number of ether oxygens (including phenoxy) is 2. The predicted molar refractivity (Wildman–Crippen MR) is 78.9 cm³/mol. The maximum absolute atomic E-state index is 11.9. The topological polar surface area (TPSA) is 64.6 Å². The molecule has 0 spiro atoms. The second-order valence-electron chi connectivity index (χ2n) is 5.06. The molecular formula is C16H21NO4. The number of aldehydes is 1. The van der Waals surface area contributed by atoms with E-state index in [0.717, 1.165) is 25.7 Å². The molecule has 1 aromatic rings. The lowest BCUT2D eigenvalue weighted by Gasteiger charge is -2.15. The Morgan fingerprint density at radius 3 is 2.76 bits per heavy atom. The van der Waals surface area contributed by atoms with Crippen molar-refractivity contribution < 1.29 is 19.1 Å². The summed E-state index contributed by atoms with van der Waals surface area (Å²) in [4.78, 5) is 22.9. The van der Waals surface area contributed by atoms with Crippen molar-refractivity contribution >= 4 is 12.2 Å². The van der Waals surface area contributed by atoms with Crippen LogP contribution in [0.1, 0.15) is 43.0 Å². The summed E-state index contributed by atoms with van der Waals surface area (Å²) in [5, 5.41) is 2.94. The van der Waals surface area contributed by atoms with E-state index >= 15 is 0 Å². The van der Waals surface area contributed by atoms with Crippen molar-refractivity contribution in [2.75, 3.05) is 13.2 Å². The van der Waals surface area contributed by atoms with Gasteiger partial charge in [0, 0.05) is 6.04 Å². The fourth-order valence-electron chi connectivity index (χ4n) is 2.53. The van der Waals surface area contributed by atoms with Gasteiger partial charge in [0.05, 0.1) is 12.2 Å². The minimum Gasteiger partial charge on any atom is -0.490 e. The number of hydrogen-bond acceptors (Lipinski definition) is 4. The SMILES string of the molecule is CCOc1cccc(C=O)c1OCC(=O)NC1CCCC1. The Labute approximate surface area is 124 Å². The molecule has 0 aromatic heterocycles. The molecular weight excluding hydrogens is 270 g/mol. The highest BCUT2D eigenvalue weighted by molar-refractivity contribution is 5.82. The molecule has 1 N–H and O–H groups in total. The minimum absolute atomic E-state index is 0.110. The highest BCUT2D eigenvalue weighted by Gasteiger charge is 2.18. The number of carbonyl (C=O) groups is 2. The van der Waals surface area contributed by atoms with Crippen LogP contribution in [-0.2, 0) is 4.79 Å². The van der Waals surface area contributed by atoms with Gasteiger partial charge in [-0.2, -0.15) is 0 Å². The zero-order valence-corrected chi connectivity index (χ0v) is 12.3. The summed E-state index contributed by atoms with van der Waals surface area (Å²) in [7, 11) is 0. The van der Waals surface area contributed by atoms with Crippen molar-refractivity contribution in [1.82, 2.24) is 5.32 Å². The molecule has 2 rings (SSSR count). The van der Waals surface area contributed by atoms with Crippen molar-refractivity contribution in [2.45, 2.75) is 38.6 Å². The Balaban J connectivity index is 1.97. The van der Waals surface area contributed by atoms with Gasteiger partial charge >= 0.3 is 0 Å². The van der Waals surface area contributed by atoms with E-state index in [0.29, 0.717) is 30.0 Å². The van der Waals surface area contributed by atoms with Crippen molar-refractivity contribution in [3.63, 3.8) is 0 Å². The number of carbonyl (C=O) groups excluding carboxylic acids is 2. The molecule has 1 saturated carbocycles. The van der Waals surface area contributed by atoms with Crippen LogP contribution in [0.2, 0.25) is 0 Å². The molecule has 1 amide bonds. The fraction of sp³-hybridized carbons (Fsp3) is 0.500. The smallest absolute Gasteiger partial charge is 0.258 e. The summed E-state index contributed by atoms with van der Waals surface area (Å²) in [6, 6.07) is 5.34. The highest BCUT2D eigenvalue weighted by Crippen LogP contribution is 2.30. The first-order chi connectivity index (χ1) is 10.2. The normalized spacial score (nSPS) is 14.7. The Bertz CT molecular complexity index is 495. The third-order valence-electron chi connectivity index (χ3n) is 3.50. The lowest BCUT2D eigenvalue weighted by Crippen LogP contribution is -2.36. The van der Waals surface area contributed by atoms with Crippen LogP contribution in [0.5, 0.6) is 11.5 Å². The monoisotopic (exact) mass is 291 g/mol. The van der Waals surface area contributed by atoms with Crippen LogP contribution in [0.25, 0.3) is 0 Å². The number of hydrogen-bond donors (Lipinski definition) is 1. The van der Waals surface area contributed by atoms with E-state index in [2.05, 4.69) is 5.32 Å². The zero-order chi connectivity index (χ0) is 15.1. The number of benzene rings is 1. The second-order valence-corrected chi connectivity index (χ2v) is 5.06. The number of nitrogens with one attached hydrogen (secondary N) is 1. The van der Waals surface area contributed by atoms with Gasteiger partial charge in [0.15, 0.2) is 24.4 Å². The summed E-state index contributed by atoms with van der Waals surface area (Å²) in [5.41, 5.74) is 0.384. The van der Waals surface area contributed by atoms with Crippen LogP contribution in [0.4, 0.5) is 0 Å². The van der Waals surface area contributed by atoms with E-state index in [1.165, 1.54) is 0 Å². The molecule has 1 aliphatic carbocycles. The molecule has 0 saturated heterocycles. The molecule has 0 aliphatic heterocycles. The predicted octanol–water partition coefficient (Wildman–Crippen LogP) is 2.34. The van der Waals surface area contributed by atoms with E-state index in [9.17, 15) is 9.59 Å². The third kappa shape index (κ3) is 4.21. The molecule has 21 heavy (non-hydrogen) atoms. The van der Waals surface area contributed by atoms with Crippen molar-refractivity contribution in [3.8, 4) is 11.5 Å². The van der Waals surface area contributed by atoms with Gasteiger partial charge in [-0.3, -0.25) is 9.59 Å². The molecule has 0 bridgehead atoms. The van der Waals surface area contributed by atoms with Gasteiger partial charge < -0.3 is 14.8 Å². The first-order valence-corrected chi connectivity index (χ1v) is 7.37. The quantitative estimate of drug-likeness (QED) is 0.783. The largest absolute Gasteiger partial charge is 0.490 e. The molecule has 5 heteroatoms. The van der Waals surface area contributed by atoms with Crippen molar-refractivity contribution in [2.24, 2.45) is 0 Å². The number of amides is 1. The van der Waals surface area contributed by atoms with E-state index < -0.39 is 0 Å². The molecule has 0 atom stereocenters. The number of rotatable bonds is 7. The first-order valence-electron chi connectivity index (χ1n) is 7.37. The van der Waals surface area contributed by atoms with Gasteiger partial charge in [-0.1, -0.05) is 18.9 Å². The van der Waals surface area contributed by atoms with Crippen LogP contribution in [0.15, 0.2) is 18.2 Å². The maximum Gasteiger partial charge on any atom is 0.258 e. The van der Waals surface area contributed by atoms with Crippen LogP contribution in [0, 0.1) is 0 Å². The van der Waals surface area contributed by atoms with Crippen molar-refractivity contribution in [1.29, 1.82) is 0 Å². The zero-order valence-electron chi connectivity index (χ0n) is 12.3. The molecule has 1 aliphatic rings. The Hall–Kier alpha value is -2.04. The van der Waals surface area contributed by atoms with E-state index in [1.54, 1.807) is 18.2 Å². The first kappa shape index (κ1) is 15.4. The van der Waals surface area contributed by atoms with E-state index in [4.69, 9.17) is 9.47 Å². The van der Waals surface area contributed by atoms with Crippen molar-refractivity contribution in [3.05, 3.63) is 23.8 Å². The molecule has 114 valence electrons. The lowest BCUT2D eigenvalue weighted by molar-refractivity contribution is -0.123. The lowest BCUT2D eigenvalue weighted by atomic mass is 10.2. The van der Waals surface area contributed by atoms with Gasteiger partial charge in [0.1, 0.15) is 0 Å². The molecule has 1 fully saturated rings. The van der Waals surface area contributed by atoms with Gasteiger partial charge in [0.25, 0.3) is 5.91 Å². The average Bonchev–Trinajstić information content (AvgIpc) is 2.98. The molecule has 0 unspecified atom stereocenters. The standard InChI is InChI=1S/C16H21NO4/c1-2-20-14-9-5-6-12(10-18)16(14)21-11-15(19)17-13-7-3-4-8-13/h5-6,9-10,13H,2-4,7-8,11H2,1H3,(H,17,19). The highest BCUT2D eigenvalue weighted by atomic mass is 16.5. The second kappa shape index (κ2) is 7.67. The Morgan fingerprint density at radius 2 is 2.10 bits per heavy atom. The van der Waals surface area contributed by atoms with Crippen LogP contribution < -0.4 is 14.8 Å². The average molecular weight is 291 g/mol. The van der Waals surface area contributed by atoms with Gasteiger partial charge in [-0.25, -0.2) is 0 Å². The number of para-hydroxylation sites is 1. The summed E-state index contributed by atoms with van der Waals surface area (Å²) < 4.78 is 10.9. The summed E-state index contributed by atoms with van der Waals surface area (Å²) in [5.74, 6) is 0.650. The summed E-state index contributed by atoms with van der Waals surface area (Å²) in [6.45, 7) is 2.21. The Kier molecular flexibility index (Phi) is 5.60. The molecule has 1 aromatic carbocycles. The van der Waals surface area contributed by atoms with Gasteiger partial charge in [0.2, 0.25) is 0 Å². The third-order valence-corrected chi connectivity index (χ3v) is 3.50. The fourth-order valence-corrected chi connectivity index (χ4v) is 2.53. The van der Waals surface area contributed by atoms with Gasteiger partial charge in [-0.05, 0) is 31.9 Å². The van der Waals surface area contributed by atoms with E-state index in [1.807, 2.05) is 6.92 Å². The van der Waals surface area contributed by atoms with Crippen LogP contribution >= 0.6 is 0 Å². The maximum atomic E-state index is 11.9. The molecule has 0 heterocycles. The summed E-state index contributed by atoms with van der Waals surface area (Å²) >= 11 is 0. The van der Waals surface area contributed by atoms with E-state index in [-0.39, 0.29) is 18.6 Å². The molecule has 5 nitrogen and oxygen atoms in total. The van der Waals surface area contributed by atoms with Crippen LogP contribution in [-0.4, -0.2) is 31.4 Å². The summed E-state index contributed by atoms with van der Waals surface area (Å²) in [6.07, 6.45) is 5.08. The molecule has 0 radical (unpaired) electrons. The van der Waals surface area contributed by atoms with Gasteiger partial charge in [-0.15, -0.1) is 0 Å². The minimum atomic E-state index is -0.162. The Morgan fingerprint density at radius 1 is 1.33 bits per heavy atom. The van der Waals surface area contributed by atoms with Crippen LogP contribution in [0.3, 0.4) is 0 Å².